The molecule has 0 spiro atoms. The van der Waals surface area contributed by atoms with Crippen LogP contribution in [0.25, 0.3) is 33.4 Å². The zero-order valence-electron chi connectivity index (χ0n) is 20.2. The van der Waals surface area contributed by atoms with Gasteiger partial charge in [0, 0.05) is 37.1 Å². The van der Waals surface area contributed by atoms with Gasteiger partial charge in [0.1, 0.15) is 23.5 Å². The molecule has 5 aromatic rings. The molecule has 0 saturated heterocycles. The second kappa shape index (κ2) is 9.23. The first kappa shape index (κ1) is 22.5. The van der Waals surface area contributed by atoms with Gasteiger partial charge in [-0.25, -0.2) is 15.0 Å². The first-order valence-electron chi connectivity index (χ1n) is 12.0. The molecule has 37 heavy (non-hydrogen) atoms. The Morgan fingerprint density at radius 3 is 2.76 bits per heavy atom. The zero-order valence-corrected chi connectivity index (χ0v) is 20.2. The molecule has 3 aromatic heterocycles. The summed E-state index contributed by atoms with van der Waals surface area (Å²) >= 11 is 0. The number of benzene rings is 2. The number of hydrogen-bond acceptors (Lipinski definition) is 6. The normalized spacial score (nSPS) is 12.1. The van der Waals surface area contributed by atoms with Gasteiger partial charge < -0.3 is 19.9 Å². The molecule has 8 nitrogen and oxygen atoms in total. The summed E-state index contributed by atoms with van der Waals surface area (Å²) in [6.07, 6.45) is 5.36. The molecule has 0 fully saturated rings. The molecule has 2 N–H and O–H groups in total. The van der Waals surface area contributed by atoms with Crippen molar-refractivity contribution in [2.45, 2.75) is 6.42 Å². The van der Waals surface area contributed by atoms with Crippen LogP contribution in [0.4, 0.5) is 11.5 Å². The van der Waals surface area contributed by atoms with E-state index >= 15 is 0 Å². The van der Waals surface area contributed by atoms with Gasteiger partial charge >= 0.3 is 0 Å². The summed E-state index contributed by atoms with van der Waals surface area (Å²) in [4.78, 5) is 25.2. The van der Waals surface area contributed by atoms with Crippen molar-refractivity contribution in [1.82, 2.24) is 19.5 Å². The summed E-state index contributed by atoms with van der Waals surface area (Å²) in [5, 5.41) is 7.27. The quantitative estimate of drug-likeness (QED) is 0.314. The third kappa shape index (κ3) is 4.08. The van der Waals surface area contributed by atoms with Crippen LogP contribution in [-0.4, -0.2) is 32.0 Å². The van der Waals surface area contributed by atoms with Crippen molar-refractivity contribution in [3.63, 3.8) is 0 Å². The molecule has 0 bridgehead atoms. The molecule has 6 rings (SSSR count). The monoisotopic (exact) mass is 488 g/mol. The minimum atomic E-state index is -0.246. The van der Waals surface area contributed by atoms with Crippen molar-refractivity contribution < 1.29 is 9.53 Å². The standard InChI is InChI=1S/C29H24N6O2/c1-3-23(36)34-20-9-7-18(8-10-20)27-25-22-12-11-21(37-24-6-4-5-14-30-24)16-19(22)13-15-31-28-26(25)29(35(27)2)33-17-32-28/h3-12,14,16-17H,1,13,15H2,2H3,(H,34,36)(H,31,32,33). The minimum Gasteiger partial charge on any atom is -0.439 e. The molecule has 0 radical (unpaired) electrons. The summed E-state index contributed by atoms with van der Waals surface area (Å²) in [7, 11) is 2.02. The average molecular weight is 489 g/mol. The Kier molecular flexibility index (Phi) is 5.61. The van der Waals surface area contributed by atoms with Crippen LogP contribution in [0.3, 0.4) is 0 Å². The highest BCUT2D eigenvalue weighted by Crippen LogP contribution is 2.45. The van der Waals surface area contributed by atoms with Crippen LogP contribution in [0.15, 0.2) is 85.8 Å². The van der Waals surface area contributed by atoms with Crippen molar-refractivity contribution in [3.05, 3.63) is 91.4 Å². The van der Waals surface area contributed by atoms with Crippen molar-refractivity contribution >= 4 is 28.4 Å². The summed E-state index contributed by atoms with van der Waals surface area (Å²) in [5.41, 5.74) is 6.87. The fourth-order valence-corrected chi connectivity index (χ4v) is 4.82. The number of ether oxygens (including phenoxy) is 1. The summed E-state index contributed by atoms with van der Waals surface area (Å²) in [6.45, 7) is 4.25. The first-order chi connectivity index (χ1) is 18.1. The second-order valence-corrected chi connectivity index (χ2v) is 8.74. The number of carbonyl (C=O) groups excluding carboxylic acids is 1. The molecule has 1 amide bonds. The maximum Gasteiger partial charge on any atom is 0.247 e. The SMILES string of the molecule is C=CC(=O)Nc1ccc(-c2c3c4c(ncnc4n2C)NCCc2cc(Oc4ccccn4)ccc2-3)cc1. The van der Waals surface area contributed by atoms with Gasteiger partial charge in [-0.3, -0.25) is 4.79 Å². The highest BCUT2D eigenvalue weighted by molar-refractivity contribution is 6.09. The van der Waals surface area contributed by atoms with Gasteiger partial charge in [-0.2, -0.15) is 0 Å². The maximum absolute atomic E-state index is 11.7. The van der Waals surface area contributed by atoms with E-state index in [0.717, 1.165) is 63.5 Å². The summed E-state index contributed by atoms with van der Waals surface area (Å²) < 4.78 is 8.13. The Balaban J connectivity index is 1.52. The molecule has 4 heterocycles. The number of amides is 1. The zero-order chi connectivity index (χ0) is 25.4. The lowest BCUT2D eigenvalue weighted by atomic mass is 9.92. The predicted molar refractivity (Wildman–Crippen MR) is 145 cm³/mol. The lowest BCUT2D eigenvalue weighted by Crippen LogP contribution is -2.10. The van der Waals surface area contributed by atoms with Gasteiger partial charge in [0.2, 0.25) is 11.8 Å². The van der Waals surface area contributed by atoms with Crippen LogP contribution in [0.5, 0.6) is 11.6 Å². The number of nitrogens with one attached hydrogen (secondary N) is 2. The van der Waals surface area contributed by atoms with E-state index in [1.54, 1.807) is 12.5 Å². The average Bonchev–Trinajstić information content (AvgIpc) is 3.21. The molecule has 1 aliphatic heterocycles. The van der Waals surface area contributed by atoms with Crippen LogP contribution in [0, 0.1) is 0 Å². The van der Waals surface area contributed by atoms with Crippen LogP contribution >= 0.6 is 0 Å². The summed E-state index contributed by atoms with van der Waals surface area (Å²) in [6, 6.07) is 19.5. The van der Waals surface area contributed by atoms with Crippen LogP contribution in [0.2, 0.25) is 0 Å². The number of anilines is 2. The Labute approximate surface area is 213 Å². The summed E-state index contributed by atoms with van der Waals surface area (Å²) in [5.74, 6) is 1.86. The number of fused-ring (bicyclic) bond motifs is 2. The molecular weight excluding hydrogens is 464 g/mol. The molecule has 0 saturated carbocycles. The molecule has 8 heteroatoms. The number of carbonyl (C=O) groups is 1. The van der Waals surface area contributed by atoms with E-state index < -0.39 is 0 Å². The molecule has 2 aromatic carbocycles. The number of aryl methyl sites for hydroxylation is 1. The van der Waals surface area contributed by atoms with E-state index in [-0.39, 0.29) is 5.91 Å². The fourth-order valence-electron chi connectivity index (χ4n) is 4.82. The van der Waals surface area contributed by atoms with Crippen LogP contribution < -0.4 is 15.4 Å². The molecule has 0 unspecified atom stereocenters. The van der Waals surface area contributed by atoms with Gasteiger partial charge in [0.15, 0.2) is 0 Å². The van der Waals surface area contributed by atoms with E-state index in [0.29, 0.717) is 11.6 Å². The molecule has 1 aliphatic rings. The number of pyridine rings is 1. The van der Waals surface area contributed by atoms with Crippen LogP contribution in [-0.2, 0) is 18.3 Å². The van der Waals surface area contributed by atoms with Gasteiger partial charge in [0.25, 0.3) is 0 Å². The number of rotatable bonds is 5. The Hall–Kier alpha value is -4.98. The van der Waals surface area contributed by atoms with Gasteiger partial charge in [-0.1, -0.05) is 30.8 Å². The molecular formula is C29H24N6O2. The maximum atomic E-state index is 11.7. The van der Waals surface area contributed by atoms with Gasteiger partial charge in [-0.15, -0.1) is 0 Å². The smallest absolute Gasteiger partial charge is 0.247 e. The number of hydrogen-bond donors (Lipinski definition) is 2. The van der Waals surface area contributed by atoms with E-state index in [2.05, 4.69) is 48.9 Å². The van der Waals surface area contributed by atoms with E-state index in [1.807, 2.05) is 55.6 Å². The Morgan fingerprint density at radius 2 is 1.97 bits per heavy atom. The lowest BCUT2D eigenvalue weighted by molar-refractivity contribution is -0.111. The number of aromatic nitrogens is 4. The second-order valence-electron chi connectivity index (χ2n) is 8.74. The lowest BCUT2D eigenvalue weighted by Gasteiger charge is -2.18. The van der Waals surface area contributed by atoms with Crippen molar-refractivity contribution in [2.75, 3.05) is 17.2 Å². The van der Waals surface area contributed by atoms with E-state index in [4.69, 9.17) is 4.74 Å². The Bertz CT molecular complexity index is 1640. The van der Waals surface area contributed by atoms with Crippen molar-refractivity contribution in [3.8, 4) is 34.0 Å². The predicted octanol–water partition coefficient (Wildman–Crippen LogP) is 5.58. The van der Waals surface area contributed by atoms with Crippen LogP contribution in [0.1, 0.15) is 5.56 Å². The van der Waals surface area contributed by atoms with Gasteiger partial charge in [-0.05, 0) is 59.5 Å². The van der Waals surface area contributed by atoms with E-state index in [9.17, 15) is 4.79 Å². The van der Waals surface area contributed by atoms with E-state index in [1.165, 1.54) is 6.08 Å². The highest BCUT2D eigenvalue weighted by Gasteiger charge is 2.25. The Morgan fingerprint density at radius 1 is 1.11 bits per heavy atom. The third-order valence-corrected chi connectivity index (χ3v) is 6.47. The number of nitrogens with zero attached hydrogens (tertiary/aromatic N) is 4. The minimum absolute atomic E-state index is 0.246. The molecule has 0 atom stereocenters. The van der Waals surface area contributed by atoms with Crippen molar-refractivity contribution in [1.29, 1.82) is 0 Å². The molecule has 182 valence electrons. The fraction of sp³-hybridized carbons (Fsp3) is 0.103. The highest BCUT2D eigenvalue weighted by atomic mass is 16.5. The third-order valence-electron chi connectivity index (χ3n) is 6.47. The molecule has 0 aliphatic carbocycles. The first-order valence-corrected chi connectivity index (χ1v) is 12.0. The van der Waals surface area contributed by atoms with Gasteiger partial charge in [0.05, 0.1) is 11.1 Å². The van der Waals surface area contributed by atoms with Crippen molar-refractivity contribution in [2.24, 2.45) is 7.05 Å². The largest absolute Gasteiger partial charge is 0.439 e. The topological polar surface area (TPSA) is 94.0 Å².